The number of ether oxygens (including phenoxy) is 2. The minimum atomic E-state index is -0.504. The quantitative estimate of drug-likeness (QED) is 0.105. The van der Waals surface area contributed by atoms with Gasteiger partial charge in [0.15, 0.2) is 0 Å². The molecule has 0 aliphatic heterocycles. The number of aryl methyl sites for hydroxylation is 2. The number of esters is 2. The van der Waals surface area contributed by atoms with Crippen molar-refractivity contribution in [1.82, 2.24) is 9.97 Å². The minimum absolute atomic E-state index is 0.0142. The van der Waals surface area contributed by atoms with E-state index in [2.05, 4.69) is 100 Å². The Morgan fingerprint density at radius 2 is 0.913 bits per heavy atom. The van der Waals surface area contributed by atoms with Gasteiger partial charge in [0.25, 0.3) is 0 Å². The zero-order valence-corrected chi connectivity index (χ0v) is 33.1. The molecular formula is C34H40Cl4N2O4Ru2. The summed E-state index contributed by atoms with van der Waals surface area (Å²) < 4.78 is 9.89. The predicted molar refractivity (Wildman–Crippen MR) is 183 cm³/mol. The summed E-state index contributed by atoms with van der Waals surface area (Å²) in [5, 5.41) is 0. The van der Waals surface area contributed by atoms with E-state index in [0.29, 0.717) is 23.0 Å². The van der Waals surface area contributed by atoms with Crippen LogP contribution in [0, 0.1) is 13.8 Å². The van der Waals surface area contributed by atoms with Gasteiger partial charge in [-0.15, -0.1) is 0 Å². The van der Waals surface area contributed by atoms with Crippen LogP contribution in [0.2, 0.25) is 0 Å². The van der Waals surface area contributed by atoms with Crippen LogP contribution in [0.25, 0.3) is 0 Å². The molecule has 0 fully saturated rings. The normalized spacial score (nSPS) is 9.74. The van der Waals surface area contributed by atoms with Crippen LogP contribution in [0.5, 0.6) is 0 Å². The second-order valence-corrected chi connectivity index (χ2v) is 15.3. The van der Waals surface area contributed by atoms with Crippen molar-refractivity contribution in [2.24, 2.45) is 0 Å². The number of nitrogens with zero attached hydrogens (tertiary/aromatic N) is 2. The van der Waals surface area contributed by atoms with E-state index in [0.717, 1.165) is 0 Å². The number of carbonyl (C=O) groups excluding carboxylic acids is 2. The third-order valence-electron chi connectivity index (χ3n) is 5.83. The Morgan fingerprint density at radius 1 is 0.609 bits per heavy atom. The Morgan fingerprint density at radius 3 is 1.15 bits per heavy atom. The third-order valence-corrected chi connectivity index (χ3v) is 5.83. The van der Waals surface area contributed by atoms with Gasteiger partial charge < -0.3 is 9.47 Å². The fourth-order valence-electron chi connectivity index (χ4n) is 3.31. The van der Waals surface area contributed by atoms with Gasteiger partial charge in [-0.2, -0.15) is 0 Å². The molecule has 0 amide bonds. The summed E-state index contributed by atoms with van der Waals surface area (Å²) >= 11 is -0.691. The summed E-state index contributed by atoms with van der Waals surface area (Å²) in [5.41, 5.74) is 6.22. The van der Waals surface area contributed by atoms with Crippen molar-refractivity contribution in [3.63, 3.8) is 0 Å². The molecule has 0 radical (unpaired) electrons. The van der Waals surface area contributed by atoms with Gasteiger partial charge in [0, 0.05) is 24.8 Å². The fraction of sp³-hybridized carbons (Fsp3) is 0.294. The van der Waals surface area contributed by atoms with Crippen LogP contribution in [0.1, 0.15) is 82.5 Å². The monoisotopic (exact) mass is 884 g/mol. The first-order chi connectivity index (χ1) is 22.0. The molecular weight excluding hydrogens is 844 g/mol. The molecule has 0 saturated carbocycles. The number of hydrogen-bond acceptors (Lipinski definition) is 6. The van der Waals surface area contributed by atoms with Gasteiger partial charge in [0.2, 0.25) is 0 Å². The predicted octanol–water partition coefficient (Wildman–Crippen LogP) is 10.5. The van der Waals surface area contributed by atoms with Crippen molar-refractivity contribution in [2.75, 3.05) is 13.2 Å². The van der Waals surface area contributed by atoms with Crippen molar-refractivity contribution < 1.29 is 49.4 Å². The fourth-order valence-corrected chi connectivity index (χ4v) is 3.31. The van der Waals surface area contributed by atoms with E-state index in [-0.39, 0.29) is 43.5 Å². The van der Waals surface area contributed by atoms with E-state index in [1.165, 1.54) is 34.6 Å². The molecule has 2 aromatic heterocycles. The van der Waals surface area contributed by atoms with Gasteiger partial charge >= 0.3 is 81.0 Å². The molecule has 4 aromatic rings. The maximum absolute atomic E-state index is 11.5. The average molecular weight is 885 g/mol. The number of rotatable bonds is 7. The second-order valence-electron chi connectivity index (χ2n) is 9.99. The van der Waals surface area contributed by atoms with Gasteiger partial charge in [0.05, 0.1) is 11.1 Å². The molecule has 0 saturated heterocycles. The van der Waals surface area contributed by atoms with Crippen molar-refractivity contribution in [3.05, 3.63) is 131 Å². The number of pyridine rings is 2. The SMILES string of the molecule is Cc1ccc(C(C)C)cc1.Cc1ccc(C(C)C)cc1.O=C(OCCOC(=O)c1cccnc1)c1cccnc1.[Cl][Ru][Cl].[Cl][Ru][Cl]. The number of hydrogen-bond donors (Lipinski definition) is 0. The van der Waals surface area contributed by atoms with Crippen LogP contribution < -0.4 is 0 Å². The molecule has 46 heavy (non-hydrogen) atoms. The molecule has 0 aliphatic carbocycles. The van der Waals surface area contributed by atoms with Crippen molar-refractivity contribution in [1.29, 1.82) is 0 Å². The van der Waals surface area contributed by atoms with E-state index in [4.69, 9.17) is 48.2 Å². The van der Waals surface area contributed by atoms with Crippen LogP contribution >= 0.6 is 38.8 Å². The van der Waals surface area contributed by atoms with E-state index in [1.807, 2.05) is 0 Å². The van der Waals surface area contributed by atoms with Crippen molar-refractivity contribution in [3.8, 4) is 0 Å². The van der Waals surface area contributed by atoms with Crippen LogP contribution in [0.3, 0.4) is 0 Å². The molecule has 0 atom stereocenters. The Bertz CT molecular complexity index is 1230. The topological polar surface area (TPSA) is 78.4 Å². The maximum atomic E-state index is 11.5. The van der Waals surface area contributed by atoms with Crippen LogP contribution in [-0.2, 0) is 39.8 Å². The molecule has 0 N–H and O–H groups in total. The summed E-state index contributed by atoms with van der Waals surface area (Å²) in [5.74, 6) is 0.298. The van der Waals surface area contributed by atoms with E-state index < -0.39 is 11.9 Å². The Hall–Kier alpha value is -1.91. The molecule has 6 nitrogen and oxygen atoms in total. The molecule has 12 heteroatoms. The first kappa shape index (κ1) is 44.1. The second kappa shape index (κ2) is 28.1. The third kappa shape index (κ3) is 21.8. The zero-order chi connectivity index (χ0) is 34.7. The summed E-state index contributed by atoms with van der Waals surface area (Å²) in [6.07, 6.45) is 5.94. The first-order valence-corrected chi connectivity index (χ1v) is 22.9. The number of benzene rings is 2. The Labute approximate surface area is 305 Å². The molecule has 4 rings (SSSR count). The molecule has 2 heterocycles. The van der Waals surface area contributed by atoms with Gasteiger partial charge in [-0.3, -0.25) is 9.97 Å². The summed E-state index contributed by atoms with van der Waals surface area (Å²) in [6.45, 7) is 13.1. The zero-order valence-electron chi connectivity index (χ0n) is 26.6. The van der Waals surface area contributed by atoms with Crippen molar-refractivity contribution in [2.45, 2.75) is 53.4 Å². The summed E-state index contributed by atoms with van der Waals surface area (Å²) in [7, 11) is 19.4. The molecule has 0 bridgehead atoms. The molecule has 0 spiro atoms. The molecule has 0 aliphatic rings. The van der Waals surface area contributed by atoms with Crippen LogP contribution in [-0.4, -0.2) is 35.1 Å². The van der Waals surface area contributed by atoms with E-state index in [9.17, 15) is 9.59 Å². The molecule has 254 valence electrons. The number of carbonyl (C=O) groups is 2. The van der Waals surface area contributed by atoms with Crippen LogP contribution in [0.4, 0.5) is 0 Å². The van der Waals surface area contributed by atoms with Gasteiger partial charge in [-0.05, 0) is 61.1 Å². The van der Waals surface area contributed by atoms with Gasteiger partial charge in [-0.1, -0.05) is 87.4 Å². The number of aromatic nitrogens is 2. The van der Waals surface area contributed by atoms with E-state index in [1.54, 1.807) is 36.7 Å². The van der Waals surface area contributed by atoms with Gasteiger partial charge in [0.1, 0.15) is 13.2 Å². The Balaban J connectivity index is 0.000000655. The summed E-state index contributed by atoms with van der Waals surface area (Å²) in [4.78, 5) is 30.7. The van der Waals surface area contributed by atoms with E-state index >= 15 is 0 Å². The standard InChI is InChI=1S/C14H12N2O4.2C10H14.4ClH.2Ru/c17-13(11-3-1-5-15-9-11)19-7-8-20-14(18)12-4-2-6-16-10-12;2*1-8(2)10-6-4-9(3)5-7-10;;;;;;/h1-6,9-10H,7-8H2;2*4-8H,1-3H3;4*1H;;/q;;;;;;;2*+2/p-4. The van der Waals surface area contributed by atoms with Crippen molar-refractivity contribution >= 4 is 50.7 Å². The van der Waals surface area contributed by atoms with Crippen LogP contribution in [0.15, 0.2) is 97.6 Å². The average Bonchev–Trinajstić information content (AvgIpc) is 3.05. The Kier molecular flexibility index (Phi) is 27.0. The summed E-state index contributed by atoms with van der Waals surface area (Å²) in [6, 6.07) is 23.9. The van der Waals surface area contributed by atoms with Gasteiger partial charge in [-0.25, -0.2) is 9.59 Å². The molecule has 0 unspecified atom stereocenters. The molecule has 2 aromatic carbocycles. The first-order valence-electron chi connectivity index (χ1n) is 14.0. The number of halogens is 4.